The van der Waals surface area contributed by atoms with E-state index in [4.69, 9.17) is 0 Å². The van der Waals surface area contributed by atoms with Crippen molar-refractivity contribution in [2.75, 3.05) is 0 Å². The number of rotatable bonds is 5. The van der Waals surface area contributed by atoms with E-state index in [2.05, 4.69) is 31.1 Å². The van der Waals surface area contributed by atoms with Gasteiger partial charge in [0.05, 0.1) is 11.1 Å². The summed E-state index contributed by atoms with van der Waals surface area (Å²) in [6.07, 6.45) is 1.02. The Kier molecular flexibility index (Phi) is 4.99. The molecule has 0 amide bonds. The highest BCUT2D eigenvalue weighted by molar-refractivity contribution is 7.91. The van der Waals surface area contributed by atoms with Crippen LogP contribution >= 0.6 is 0 Å². The normalized spacial score (nSPS) is 14.7. The van der Waals surface area contributed by atoms with Gasteiger partial charge in [0.25, 0.3) is 5.16 Å². The first-order valence-electron chi connectivity index (χ1n) is 8.22. The molecule has 2 aromatic rings. The largest absolute Gasteiger partial charge is 0.268 e. The van der Waals surface area contributed by atoms with Gasteiger partial charge in [0, 0.05) is 0 Å². The molecule has 0 fully saturated rings. The van der Waals surface area contributed by atoms with Crippen molar-refractivity contribution in [1.29, 1.82) is 0 Å². The van der Waals surface area contributed by atoms with Crippen LogP contribution in [-0.2, 0) is 20.9 Å². The molecule has 2 rings (SSSR count). The molecule has 1 atom stereocenters. The Labute approximate surface area is 147 Å². The maximum absolute atomic E-state index is 13.4. The number of hydrogen-bond donors (Lipinski definition) is 0. The summed E-state index contributed by atoms with van der Waals surface area (Å²) in [5.74, 6) is 0.304. The van der Waals surface area contributed by atoms with Gasteiger partial charge in [0.15, 0.2) is 5.82 Å². The predicted molar refractivity (Wildman–Crippen MR) is 90.5 cm³/mol. The van der Waals surface area contributed by atoms with Gasteiger partial charge in [-0.3, -0.25) is 0 Å². The summed E-state index contributed by atoms with van der Waals surface area (Å²) in [7, 11) is -3.88. The van der Waals surface area contributed by atoms with Crippen molar-refractivity contribution >= 4 is 9.84 Å². The first-order chi connectivity index (χ1) is 11.4. The van der Waals surface area contributed by atoms with Gasteiger partial charge in [0.2, 0.25) is 9.84 Å². The van der Waals surface area contributed by atoms with Crippen molar-refractivity contribution in [3.63, 3.8) is 0 Å². The van der Waals surface area contributed by atoms with Gasteiger partial charge in [-0.2, -0.15) is 0 Å². The lowest BCUT2D eigenvalue weighted by molar-refractivity contribution is 0.314. The highest BCUT2D eigenvalue weighted by Gasteiger charge is 2.40. The lowest BCUT2D eigenvalue weighted by Crippen LogP contribution is -2.32. The third-order valence-electron chi connectivity index (χ3n) is 3.67. The lowest BCUT2D eigenvalue weighted by atomic mass is 10.1. The van der Waals surface area contributed by atoms with Crippen LogP contribution < -0.4 is 0 Å². The number of aromatic nitrogens is 8. The van der Waals surface area contributed by atoms with Crippen molar-refractivity contribution in [3.05, 3.63) is 5.82 Å². The van der Waals surface area contributed by atoms with Crippen molar-refractivity contribution in [2.45, 2.75) is 82.8 Å². The van der Waals surface area contributed by atoms with Gasteiger partial charge in [-0.25, -0.2) is 17.8 Å². The summed E-state index contributed by atoms with van der Waals surface area (Å²) in [6.45, 7) is 13.2. The Morgan fingerprint density at radius 1 is 0.920 bits per heavy atom. The molecule has 10 nitrogen and oxygen atoms in total. The third-order valence-corrected chi connectivity index (χ3v) is 5.63. The summed E-state index contributed by atoms with van der Waals surface area (Å²) >= 11 is 0. The van der Waals surface area contributed by atoms with Gasteiger partial charge < -0.3 is 0 Å². The molecule has 0 aliphatic rings. The first-order valence-corrected chi connectivity index (χ1v) is 9.77. The molecule has 0 radical (unpaired) electrons. The van der Waals surface area contributed by atoms with E-state index in [-0.39, 0.29) is 5.16 Å². The zero-order valence-corrected chi connectivity index (χ0v) is 16.6. The minimum Gasteiger partial charge on any atom is -0.223 e. The second kappa shape index (κ2) is 6.43. The van der Waals surface area contributed by atoms with E-state index in [1.807, 2.05) is 48.5 Å². The quantitative estimate of drug-likeness (QED) is 0.776. The van der Waals surface area contributed by atoms with E-state index < -0.39 is 26.2 Å². The molecule has 0 saturated carbocycles. The van der Waals surface area contributed by atoms with E-state index in [0.29, 0.717) is 18.7 Å². The number of sulfone groups is 1. The highest BCUT2D eigenvalue weighted by Crippen LogP contribution is 2.33. The molecule has 1 unspecified atom stereocenters. The molecule has 11 heteroatoms. The summed E-state index contributed by atoms with van der Waals surface area (Å²) in [5.41, 5.74) is -1.02. The van der Waals surface area contributed by atoms with Crippen LogP contribution in [-0.4, -0.2) is 48.8 Å². The lowest BCUT2D eigenvalue weighted by Gasteiger charge is -2.25. The molecule has 2 aromatic heterocycles. The van der Waals surface area contributed by atoms with Gasteiger partial charge in [-0.05, 0) is 68.8 Å². The molecule has 0 saturated heterocycles. The first kappa shape index (κ1) is 19.4. The number of hydrogen-bond acceptors (Lipinski definition) is 8. The molecule has 0 spiro atoms. The fourth-order valence-corrected chi connectivity index (χ4v) is 4.39. The molecule has 0 aliphatic carbocycles. The van der Waals surface area contributed by atoms with E-state index in [0.717, 1.165) is 0 Å². The van der Waals surface area contributed by atoms with Crippen LogP contribution in [0.1, 0.15) is 72.4 Å². The SMILES string of the molecule is CCCC(c1nnnn1C(C)(C)C)S(=O)(=O)c1nnnn1C(C)(C)C. The van der Waals surface area contributed by atoms with Crippen LogP contribution in [0.4, 0.5) is 0 Å². The molecule has 25 heavy (non-hydrogen) atoms. The standard InChI is InChI=1S/C14H26N8O2S/c1-8-9-10(11-15-17-19-21(11)13(2,3)4)25(23,24)12-16-18-20-22(12)14(5,6)7/h10H,8-9H2,1-7H3. The van der Waals surface area contributed by atoms with E-state index in [1.54, 1.807) is 4.68 Å². The summed E-state index contributed by atoms with van der Waals surface area (Å²) < 4.78 is 29.6. The number of nitrogens with zero attached hydrogens (tertiary/aromatic N) is 8. The highest BCUT2D eigenvalue weighted by atomic mass is 32.2. The molecule has 0 N–H and O–H groups in total. The van der Waals surface area contributed by atoms with Crippen LogP contribution in [0.2, 0.25) is 0 Å². The van der Waals surface area contributed by atoms with Gasteiger partial charge in [-0.15, -0.1) is 5.10 Å². The van der Waals surface area contributed by atoms with Crippen molar-refractivity contribution in [2.24, 2.45) is 0 Å². The average Bonchev–Trinajstić information content (AvgIpc) is 3.11. The minimum absolute atomic E-state index is 0.165. The number of tetrazole rings is 2. The molecule has 0 bridgehead atoms. The van der Waals surface area contributed by atoms with Crippen LogP contribution in [0.5, 0.6) is 0 Å². The van der Waals surface area contributed by atoms with Crippen LogP contribution in [0.25, 0.3) is 0 Å². The Morgan fingerprint density at radius 2 is 1.44 bits per heavy atom. The van der Waals surface area contributed by atoms with Crippen LogP contribution in [0.3, 0.4) is 0 Å². The Morgan fingerprint density at radius 3 is 1.96 bits per heavy atom. The fourth-order valence-electron chi connectivity index (χ4n) is 2.46. The van der Waals surface area contributed by atoms with Crippen molar-refractivity contribution in [3.8, 4) is 0 Å². The van der Waals surface area contributed by atoms with Gasteiger partial charge in [-0.1, -0.05) is 18.4 Å². The van der Waals surface area contributed by atoms with Crippen molar-refractivity contribution < 1.29 is 8.42 Å². The second-order valence-electron chi connectivity index (χ2n) is 7.99. The van der Waals surface area contributed by atoms with E-state index in [9.17, 15) is 8.42 Å². The third kappa shape index (κ3) is 3.70. The summed E-state index contributed by atoms with van der Waals surface area (Å²) in [5, 5.41) is 21.9. The summed E-state index contributed by atoms with van der Waals surface area (Å²) in [6, 6.07) is 0. The van der Waals surface area contributed by atoms with Gasteiger partial charge in [0.1, 0.15) is 5.25 Å². The van der Waals surface area contributed by atoms with Crippen LogP contribution in [0, 0.1) is 0 Å². The molecule has 2 heterocycles. The second-order valence-corrected chi connectivity index (χ2v) is 10.0. The Bertz CT molecular complexity index is 826. The smallest absolute Gasteiger partial charge is 0.223 e. The maximum Gasteiger partial charge on any atom is 0.268 e. The summed E-state index contributed by atoms with van der Waals surface area (Å²) in [4.78, 5) is 0. The predicted octanol–water partition coefficient (Wildman–Crippen LogP) is 1.48. The molecule has 0 aromatic carbocycles. The zero-order valence-electron chi connectivity index (χ0n) is 15.8. The molecule has 140 valence electrons. The minimum atomic E-state index is -3.88. The Balaban J connectivity index is 2.63. The van der Waals surface area contributed by atoms with Gasteiger partial charge >= 0.3 is 0 Å². The van der Waals surface area contributed by atoms with Crippen molar-refractivity contribution in [1.82, 2.24) is 40.4 Å². The topological polar surface area (TPSA) is 121 Å². The van der Waals surface area contributed by atoms with E-state index >= 15 is 0 Å². The molecule has 0 aliphatic heterocycles. The zero-order chi connectivity index (χ0) is 19.0. The average molecular weight is 370 g/mol. The van der Waals surface area contributed by atoms with Crippen LogP contribution in [0.15, 0.2) is 5.16 Å². The monoisotopic (exact) mass is 370 g/mol. The molecular formula is C14H26N8O2S. The van der Waals surface area contributed by atoms with E-state index in [1.165, 1.54) is 4.68 Å². The molecular weight excluding hydrogens is 344 g/mol. The Hall–Kier alpha value is -1.91. The fraction of sp³-hybridized carbons (Fsp3) is 0.857. The maximum atomic E-state index is 13.4.